The molecule has 19 heavy (non-hydrogen) atoms. The zero-order chi connectivity index (χ0) is 13.5. The van der Waals surface area contributed by atoms with Gasteiger partial charge in [0.25, 0.3) is 5.89 Å². The van der Waals surface area contributed by atoms with Crippen molar-refractivity contribution in [2.45, 2.75) is 12.1 Å². The number of nitrogens with zero attached hydrogens (tertiary/aromatic N) is 2. The van der Waals surface area contributed by atoms with Gasteiger partial charge in [-0.3, -0.25) is 0 Å². The van der Waals surface area contributed by atoms with Crippen molar-refractivity contribution in [2.24, 2.45) is 0 Å². The molecule has 0 atom stereocenters. The van der Waals surface area contributed by atoms with E-state index in [-0.39, 0.29) is 11.8 Å². The van der Waals surface area contributed by atoms with Crippen LogP contribution in [0.3, 0.4) is 0 Å². The molecule has 1 aromatic carbocycles. The Hall–Kier alpha value is -1.89. The Bertz CT molecular complexity index is 573. The van der Waals surface area contributed by atoms with Crippen LogP contribution < -0.4 is 5.32 Å². The molecule has 1 aliphatic heterocycles. The Kier molecular flexibility index (Phi) is 2.78. The number of rotatable bonds is 2. The number of nitrogens with one attached hydrogen (secondary N) is 1. The van der Waals surface area contributed by atoms with E-state index < -0.39 is 11.7 Å². The van der Waals surface area contributed by atoms with E-state index in [9.17, 15) is 13.2 Å². The van der Waals surface area contributed by atoms with E-state index in [1.54, 1.807) is 0 Å². The number of hydrogen-bond donors (Lipinski definition) is 1. The van der Waals surface area contributed by atoms with Gasteiger partial charge in [-0.1, -0.05) is 5.16 Å². The summed E-state index contributed by atoms with van der Waals surface area (Å²) in [5, 5.41) is 6.92. The molecule has 3 rings (SSSR count). The van der Waals surface area contributed by atoms with Crippen molar-refractivity contribution in [3.8, 4) is 11.5 Å². The van der Waals surface area contributed by atoms with Gasteiger partial charge in [0, 0.05) is 24.6 Å². The molecule has 1 saturated heterocycles. The van der Waals surface area contributed by atoms with Crippen LogP contribution in [-0.2, 0) is 6.18 Å². The van der Waals surface area contributed by atoms with Crippen molar-refractivity contribution >= 4 is 0 Å². The summed E-state index contributed by atoms with van der Waals surface area (Å²) in [4.78, 5) is 4.20. The highest BCUT2D eigenvalue weighted by Crippen LogP contribution is 2.31. The van der Waals surface area contributed by atoms with Crippen LogP contribution in [0.4, 0.5) is 13.2 Å². The number of alkyl halides is 3. The first kappa shape index (κ1) is 12.2. The molecule has 0 amide bonds. The molecular weight excluding hydrogens is 259 g/mol. The summed E-state index contributed by atoms with van der Waals surface area (Å²) in [5.74, 6) is 1.07. The van der Waals surface area contributed by atoms with Crippen molar-refractivity contribution in [1.82, 2.24) is 15.5 Å². The normalized spacial score (nSPS) is 16.4. The quantitative estimate of drug-likeness (QED) is 0.909. The fraction of sp³-hybridized carbons (Fsp3) is 0.333. The van der Waals surface area contributed by atoms with Crippen LogP contribution in [0, 0.1) is 0 Å². The Labute approximate surface area is 106 Å². The Balaban J connectivity index is 1.83. The van der Waals surface area contributed by atoms with E-state index in [1.807, 2.05) is 0 Å². The summed E-state index contributed by atoms with van der Waals surface area (Å²) < 4.78 is 42.3. The Morgan fingerprint density at radius 3 is 2.37 bits per heavy atom. The fourth-order valence-electron chi connectivity index (χ4n) is 1.79. The monoisotopic (exact) mass is 269 g/mol. The predicted molar refractivity (Wildman–Crippen MR) is 60.3 cm³/mol. The maximum Gasteiger partial charge on any atom is 0.416 e. The van der Waals surface area contributed by atoms with E-state index in [0.717, 1.165) is 25.2 Å². The first-order valence-corrected chi connectivity index (χ1v) is 5.76. The highest BCUT2D eigenvalue weighted by molar-refractivity contribution is 5.53. The minimum Gasteiger partial charge on any atom is -0.334 e. The lowest BCUT2D eigenvalue weighted by molar-refractivity contribution is -0.137. The second kappa shape index (κ2) is 4.34. The lowest BCUT2D eigenvalue weighted by atomic mass is 10.0. The first-order valence-electron chi connectivity index (χ1n) is 5.76. The lowest BCUT2D eigenvalue weighted by Crippen LogP contribution is -2.40. The topological polar surface area (TPSA) is 51.0 Å². The molecule has 4 nitrogen and oxygen atoms in total. The minimum atomic E-state index is -4.34. The van der Waals surface area contributed by atoms with Crippen molar-refractivity contribution in [2.75, 3.05) is 13.1 Å². The number of hydrogen-bond acceptors (Lipinski definition) is 4. The van der Waals surface area contributed by atoms with Crippen molar-refractivity contribution in [3.63, 3.8) is 0 Å². The van der Waals surface area contributed by atoms with Crippen molar-refractivity contribution in [1.29, 1.82) is 0 Å². The van der Waals surface area contributed by atoms with E-state index >= 15 is 0 Å². The van der Waals surface area contributed by atoms with E-state index in [2.05, 4.69) is 15.5 Å². The van der Waals surface area contributed by atoms with Gasteiger partial charge in [0.15, 0.2) is 5.82 Å². The van der Waals surface area contributed by atoms with Gasteiger partial charge in [-0.05, 0) is 24.3 Å². The first-order chi connectivity index (χ1) is 9.04. The molecule has 1 N–H and O–H groups in total. The van der Waals surface area contributed by atoms with Gasteiger partial charge < -0.3 is 9.84 Å². The largest absolute Gasteiger partial charge is 0.416 e. The van der Waals surface area contributed by atoms with Crippen molar-refractivity contribution in [3.05, 3.63) is 35.7 Å². The summed E-state index contributed by atoms with van der Waals surface area (Å²) >= 11 is 0. The van der Waals surface area contributed by atoms with Gasteiger partial charge in [0.2, 0.25) is 0 Å². The number of halogens is 3. The van der Waals surface area contributed by atoms with Crippen LogP contribution in [0.1, 0.15) is 17.3 Å². The second-order valence-corrected chi connectivity index (χ2v) is 4.39. The Morgan fingerprint density at radius 1 is 1.16 bits per heavy atom. The third-order valence-corrected chi connectivity index (χ3v) is 3.05. The maximum atomic E-state index is 12.4. The summed E-state index contributed by atoms with van der Waals surface area (Å²) in [7, 11) is 0. The second-order valence-electron chi connectivity index (χ2n) is 4.39. The Morgan fingerprint density at radius 2 is 1.84 bits per heavy atom. The van der Waals surface area contributed by atoms with Gasteiger partial charge in [-0.2, -0.15) is 18.2 Å². The van der Waals surface area contributed by atoms with Gasteiger partial charge in [0.05, 0.1) is 5.56 Å². The SMILES string of the molecule is FC(F)(F)c1ccc(-c2nc(C3CNC3)no2)cc1. The summed E-state index contributed by atoms with van der Waals surface area (Å²) in [6.07, 6.45) is -4.34. The van der Waals surface area contributed by atoms with Crippen molar-refractivity contribution < 1.29 is 17.7 Å². The lowest BCUT2D eigenvalue weighted by Gasteiger charge is -2.23. The molecule has 0 unspecified atom stereocenters. The van der Waals surface area contributed by atoms with Gasteiger partial charge in [-0.25, -0.2) is 0 Å². The van der Waals surface area contributed by atoms with Crippen LogP contribution in [0.5, 0.6) is 0 Å². The highest BCUT2D eigenvalue weighted by Gasteiger charge is 2.30. The number of aromatic nitrogens is 2. The molecule has 1 fully saturated rings. The maximum absolute atomic E-state index is 12.4. The van der Waals surface area contributed by atoms with Crippen LogP contribution in [0.15, 0.2) is 28.8 Å². The summed E-state index contributed by atoms with van der Waals surface area (Å²) in [5.41, 5.74) is -0.210. The molecule has 0 aliphatic carbocycles. The molecule has 2 aromatic rings. The smallest absolute Gasteiger partial charge is 0.334 e. The zero-order valence-corrected chi connectivity index (χ0v) is 9.74. The van der Waals surface area contributed by atoms with E-state index in [0.29, 0.717) is 11.4 Å². The number of benzene rings is 1. The van der Waals surface area contributed by atoms with Gasteiger partial charge >= 0.3 is 6.18 Å². The molecule has 0 saturated carbocycles. The molecule has 0 bridgehead atoms. The molecule has 0 radical (unpaired) electrons. The average Bonchev–Trinajstić information content (AvgIpc) is 2.75. The molecule has 2 heterocycles. The summed E-state index contributed by atoms with van der Waals surface area (Å²) in [6.45, 7) is 1.60. The zero-order valence-electron chi connectivity index (χ0n) is 9.74. The molecule has 7 heteroatoms. The fourth-order valence-corrected chi connectivity index (χ4v) is 1.79. The van der Waals surface area contributed by atoms with E-state index in [1.165, 1.54) is 12.1 Å². The summed E-state index contributed by atoms with van der Waals surface area (Å²) in [6, 6.07) is 4.67. The molecule has 100 valence electrons. The van der Waals surface area contributed by atoms with Crippen LogP contribution >= 0.6 is 0 Å². The minimum absolute atomic E-state index is 0.229. The third kappa shape index (κ3) is 2.33. The average molecular weight is 269 g/mol. The molecular formula is C12H10F3N3O. The third-order valence-electron chi connectivity index (χ3n) is 3.05. The van der Waals surface area contributed by atoms with Gasteiger partial charge in [-0.15, -0.1) is 0 Å². The van der Waals surface area contributed by atoms with Crippen LogP contribution in [-0.4, -0.2) is 23.2 Å². The molecule has 1 aromatic heterocycles. The predicted octanol–water partition coefficient (Wildman–Crippen LogP) is 2.44. The van der Waals surface area contributed by atoms with Gasteiger partial charge in [0.1, 0.15) is 0 Å². The van der Waals surface area contributed by atoms with Crippen LogP contribution in [0.2, 0.25) is 0 Å². The molecule has 0 spiro atoms. The standard InChI is InChI=1S/C12H10F3N3O/c13-12(14,15)9-3-1-7(2-4-9)11-17-10(18-19-11)8-5-16-6-8/h1-4,8,16H,5-6H2. The molecule has 1 aliphatic rings. The van der Waals surface area contributed by atoms with E-state index in [4.69, 9.17) is 4.52 Å². The van der Waals surface area contributed by atoms with Crippen LogP contribution in [0.25, 0.3) is 11.5 Å². The highest BCUT2D eigenvalue weighted by atomic mass is 19.4.